The summed E-state index contributed by atoms with van der Waals surface area (Å²) in [4.78, 5) is 26.3. The molecule has 1 atom stereocenters. The Labute approximate surface area is 136 Å². The van der Waals surface area contributed by atoms with Crippen molar-refractivity contribution in [2.75, 3.05) is 44.5 Å². The summed E-state index contributed by atoms with van der Waals surface area (Å²) in [6.07, 6.45) is 2.38. The topological polar surface area (TPSA) is 70.7 Å². The lowest BCUT2D eigenvalue weighted by atomic mass is 9.95. The molecule has 2 rings (SSSR count). The number of carbonyl (C=O) groups excluding carboxylic acids is 2. The van der Waals surface area contributed by atoms with Gasteiger partial charge in [-0.15, -0.1) is 11.8 Å². The van der Waals surface area contributed by atoms with Gasteiger partial charge >= 0.3 is 0 Å². The molecule has 0 saturated carbocycles. The normalized spacial score (nSPS) is 22.8. The molecule has 0 bridgehead atoms. The first-order valence-corrected chi connectivity index (χ1v) is 9.33. The summed E-state index contributed by atoms with van der Waals surface area (Å²) in [5.74, 6) is 2.08. The Kier molecular flexibility index (Phi) is 7.48. The standard InChI is InChI=1S/C15H27N3O3S/c1-2-21-9-3-6-16-14(19)12-4-7-18(8-5-12)15(20)13-10-22-11-17-13/h12-13,17H,2-11H2,1H3,(H,16,19). The van der Waals surface area contributed by atoms with Gasteiger partial charge in [0.2, 0.25) is 11.8 Å². The van der Waals surface area contributed by atoms with Crippen molar-refractivity contribution in [3.8, 4) is 0 Å². The zero-order valence-corrected chi connectivity index (χ0v) is 14.1. The molecule has 2 saturated heterocycles. The minimum Gasteiger partial charge on any atom is -0.382 e. The summed E-state index contributed by atoms with van der Waals surface area (Å²) in [6.45, 7) is 5.43. The first-order chi connectivity index (χ1) is 10.7. The molecule has 126 valence electrons. The van der Waals surface area contributed by atoms with Crippen LogP contribution in [0.5, 0.6) is 0 Å². The largest absolute Gasteiger partial charge is 0.382 e. The predicted octanol–water partition coefficient (Wildman–Crippen LogP) is 0.430. The van der Waals surface area contributed by atoms with Crippen LogP contribution >= 0.6 is 11.8 Å². The molecule has 7 heteroatoms. The third kappa shape index (κ3) is 5.14. The molecule has 0 aromatic heterocycles. The molecule has 2 aliphatic rings. The van der Waals surface area contributed by atoms with Crippen LogP contribution in [0.4, 0.5) is 0 Å². The molecule has 2 heterocycles. The van der Waals surface area contributed by atoms with Crippen LogP contribution in [0.2, 0.25) is 0 Å². The van der Waals surface area contributed by atoms with Crippen LogP contribution in [0.3, 0.4) is 0 Å². The first-order valence-electron chi connectivity index (χ1n) is 8.17. The van der Waals surface area contributed by atoms with E-state index in [1.165, 1.54) is 0 Å². The molecule has 2 fully saturated rings. The number of thioether (sulfide) groups is 1. The fraction of sp³-hybridized carbons (Fsp3) is 0.867. The molecule has 0 aromatic rings. The van der Waals surface area contributed by atoms with E-state index < -0.39 is 0 Å². The molecule has 2 N–H and O–H groups in total. The maximum Gasteiger partial charge on any atom is 0.240 e. The molecule has 0 aromatic carbocycles. The number of amides is 2. The number of nitrogens with zero attached hydrogens (tertiary/aromatic N) is 1. The number of carbonyl (C=O) groups is 2. The third-order valence-electron chi connectivity index (χ3n) is 4.16. The van der Waals surface area contributed by atoms with E-state index >= 15 is 0 Å². The highest BCUT2D eigenvalue weighted by molar-refractivity contribution is 7.99. The molecular weight excluding hydrogens is 302 g/mol. The van der Waals surface area contributed by atoms with Crippen LogP contribution in [-0.2, 0) is 14.3 Å². The van der Waals surface area contributed by atoms with Crippen LogP contribution < -0.4 is 10.6 Å². The highest BCUT2D eigenvalue weighted by atomic mass is 32.2. The Balaban J connectivity index is 1.63. The van der Waals surface area contributed by atoms with Crippen molar-refractivity contribution in [3.63, 3.8) is 0 Å². The van der Waals surface area contributed by atoms with Gasteiger partial charge in [0.1, 0.15) is 0 Å². The fourth-order valence-electron chi connectivity index (χ4n) is 2.81. The molecule has 0 aliphatic carbocycles. The summed E-state index contributed by atoms with van der Waals surface area (Å²) in [5, 5.41) is 6.19. The van der Waals surface area contributed by atoms with Gasteiger partial charge in [-0.05, 0) is 26.2 Å². The van der Waals surface area contributed by atoms with E-state index in [-0.39, 0.29) is 23.8 Å². The average Bonchev–Trinajstić information content (AvgIpc) is 3.08. The zero-order chi connectivity index (χ0) is 15.8. The number of ether oxygens (including phenoxy) is 1. The highest BCUT2D eigenvalue weighted by Crippen LogP contribution is 2.20. The van der Waals surface area contributed by atoms with Crippen molar-refractivity contribution in [1.82, 2.24) is 15.5 Å². The lowest BCUT2D eigenvalue weighted by Gasteiger charge is -2.32. The second-order valence-electron chi connectivity index (χ2n) is 5.71. The van der Waals surface area contributed by atoms with Crippen LogP contribution in [0.15, 0.2) is 0 Å². The van der Waals surface area contributed by atoms with Crippen LogP contribution in [0, 0.1) is 5.92 Å². The number of likely N-dealkylation sites (tertiary alicyclic amines) is 1. The lowest BCUT2D eigenvalue weighted by Crippen LogP contribution is -2.49. The number of hydrogen-bond donors (Lipinski definition) is 2. The van der Waals surface area contributed by atoms with Crippen molar-refractivity contribution in [1.29, 1.82) is 0 Å². The summed E-state index contributed by atoms with van der Waals surface area (Å²) in [5.41, 5.74) is 0. The van der Waals surface area contributed by atoms with Crippen LogP contribution in [0.1, 0.15) is 26.2 Å². The van der Waals surface area contributed by atoms with Gasteiger partial charge in [0.15, 0.2) is 0 Å². The molecule has 1 unspecified atom stereocenters. The Morgan fingerprint density at radius 1 is 1.36 bits per heavy atom. The second kappa shape index (κ2) is 9.37. The Morgan fingerprint density at radius 3 is 2.77 bits per heavy atom. The average molecular weight is 329 g/mol. The second-order valence-corrected chi connectivity index (χ2v) is 6.74. The fourth-order valence-corrected chi connectivity index (χ4v) is 3.74. The number of nitrogens with one attached hydrogen (secondary N) is 2. The van der Waals surface area contributed by atoms with Crippen molar-refractivity contribution >= 4 is 23.6 Å². The Hall–Kier alpha value is -0.790. The summed E-state index contributed by atoms with van der Waals surface area (Å²) in [7, 11) is 0. The van der Waals surface area contributed by atoms with E-state index in [1.807, 2.05) is 11.8 Å². The number of hydrogen-bond acceptors (Lipinski definition) is 5. The van der Waals surface area contributed by atoms with Crippen LogP contribution in [0.25, 0.3) is 0 Å². The van der Waals surface area contributed by atoms with Crippen molar-refractivity contribution in [2.45, 2.75) is 32.2 Å². The predicted molar refractivity (Wildman–Crippen MR) is 87.7 cm³/mol. The van der Waals surface area contributed by atoms with E-state index in [2.05, 4.69) is 10.6 Å². The molecule has 22 heavy (non-hydrogen) atoms. The molecule has 0 radical (unpaired) electrons. The van der Waals surface area contributed by atoms with E-state index in [0.717, 1.165) is 37.5 Å². The third-order valence-corrected chi connectivity index (χ3v) is 5.10. The maximum atomic E-state index is 12.3. The van der Waals surface area contributed by atoms with Gasteiger partial charge in [0.05, 0.1) is 6.04 Å². The molecule has 2 aliphatic heterocycles. The van der Waals surface area contributed by atoms with Gasteiger partial charge in [-0.1, -0.05) is 0 Å². The molecular formula is C15H27N3O3S. The number of piperidine rings is 1. The van der Waals surface area contributed by atoms with Gasteiger partial charge in [0.25, 0.3) is 0 Å². The molecule has 0 spiro atoms. The minimum absolute atomic E-state index is 0.0334. The van der Waals surface area contributed by atoms with Crippen LogP contribution in [-0.4, -0.2) is 67.2 Å². The summed E-state index contributed by atoms with van der Waals surface area (Å²) < 4.78 is 5.25. The van der Waals surface area contributed by atoms with Gasteiger partial charge in [0, 0.05) is 50.4 Å². The summed E-state index contributed by atoms with van der Waals surface area (Å²) in [6, 6.07) is -0.0334. The Bertz CT molecular complexity index is 367. The maximum absolute atomic E-state index is 12.3. The Morgan fingerprint density at radius 2 is 2.14 bits per heavy atom. The highest BCUT2D eigenvalue weighted by Gasteiger charge is 2.31. The first kappa shape index (κ1) is 17.6. The lowest BCUT2D eigenvalue weighted by molar-refractivity contribution is -0.136. The van der Waals surface area contributed by atoms with Gasteiger partial charge in [-0.3, -0.25) is 14.9 Å². The zero-order valence-electron chi connectivity index (χ0n) is 13.3. The van der Waals surface area contributed by atoms with Crippen molar-refractivity contribution in [2.24, 2.45) is 5.92 Å². The van der Waals surface area contributed by atoms with E-state index in [4.69, 9.17) is 4.74 Å². The minimum atomic E-state index is -0.0334. The van der Waals surface area contributed by atoms with Crippen molar-refractivity contribution < 1.29 is 14.3 Å². The van der Waals surface area contributed by atoms with Crippen molar-refractivity contribution in [3.05, 3.63) is 0 Å². The monoisotopic (exact) mass is 329 g/mol. The smallest absolute Gasteiger partial charge is 0.240 e. The number of rotatable bonds is 7. The van der Waals surface area contributed by atoms with Gasteiger partial charge < -0.3 is 15.0 Å². The molecule has 6 nitrogen and oxygen atoms in total. The van der Waals surface area contributed by atoms with E-state index in [1.54, 1.807) is 11.8 Å². The van der Waals surface area contributed by atoms with E-state index in [0.29, 0.717) is 26.2 Å². The van der Waals surface area contributed by atoms with E-state index in [9.17, 15) is 9.59 Å². The molecule has 2 amide bonds. The quantitative estimate of drug-likeness (QED) is 0.663. The van der Waals surface area contributed by atoms with Gasteiger partial charge in [-0.25, -0.2) is 0 Å². The summed E-state index contributed by atoms with van der Waals surface area (Å²) >= 11 is 1.76. The van der Waals surface area contributed by atoms with Gasteiger partial charge in [-0.2, -0.15) is 0 Å². The SMILES string of the molecule is CCOCCCNC(=O)C1CCN(C(=O)C2CSCN2)CC1.